The first-order chi connectivity index (χ1) is 5.61. The van der Waals surface area contributed by atoms with Crippen molar-refractivity contribution in [2.45, 2.75) is 46.3 Å². The Hall–Kier alpha value is -0.0800. The molecule has 12 heavy (non-hydrogen) atoms. The van der Waals surface area contributed by atoms with Gasteiger partial charge in [0.25, 0.3) is 0 Å². The summed E-state index contributed by atoms with van der Waals surface area (Å²) in [5.74, 6) is 0.683. The molecule has 74 valence electrons. The van der Waals surface area contributed by atoms with Crippen molar-refractivity contribution in [3.8, 4) is 0 Å². The lowest BCUT2D eigenvalue weighted by molar-refractivity contribution is 0.0946. The van der Waals surface area contributed by atoms with E-state index < -0.39 is 0 Å². The molecule has 0 rings (SSSR count). The minimum Gasteiger partial charge on any atom is -0.382 e. The molecule has 0 radical (unpaired) electrons. The number of methoxy groups -OCH3 is 1. The first-order valence-corrected chi connectivity index (χ1v) is 4.88. The zero-order valence-corrected chi connectivity index (χ0v) is 9.05. The molecule has 0 bridgehead atoms. The molecule has 0 aromatic carbocycles. The fraction of sp³-hybridized carbons (Fsp3) is 1.00. The summed E-state index contributed by atoms with van der Waals surface area (Å²) >= 11 is 0. The van der Waals surface area contributed by atoms with Gasteiger partial charge in [-0.2, -0.15) is 0 Å². The van der Waals surface area contributed by atoms with Crippen LogP contribution in [0.2, 0.25) is 0 Å². The first-order valence-electron chi connectivity index (χ1n) is 4.88. The molecule has 0 spiro atoms. The van der Waals surface area contributed by atoms with Gasteiger partial charge in [0.2, 0.25) is 0 Å². The van der Waals surface area contributed by atoms with Crippen molar-refractivity contribution < 1.29 is 4.74 Å². The van der Waals surface area contributed by atoms with Crippen molar-refractivity contribution >= 4 is 0 Å². The summed E-state index contributed by atoms with van der Waals surface area (Å²) in [4.78, 5) is 0. The van der Waals surface area contributed by atoms with E-state index in [1.165, 1.54) is 0 Å². The summed E-state index contributed by atoms with van der Waals surface area (Å²) in [5, 5.41) is 3.47. The van der Waals surface area contributed by atoms with Gasteiger partial charge in [-0.15, -0.1) is 0 Å². The largest absolute Gasteiger partial charge is 0.382 e. The molecule has 0 amide bonds. The highest BCUT2D eigenvalue weighted by Gasteiger charge is 2.14. The monoisotopic (exact) mass is 173 g/mol. The van der Waals surface area contributed by atoms with Crippen molar-refractivity contribution in [3.05, 3.63) is 0 Å². The van der Waals surface area contributed by atoms with Gasteiger partial charge >= 0.3 is 0 Å². The summed E-state index contributed by atoms with van der Waals surface area (Å²) in [6, 6.07) is 0.588. The molecule has 0 aliphatic heterocycles. The Balaban J connectivity index is 3.77. The van der Waals surface area contributed by atoms with Crippen LogP contribution in [0.5, 0.6) is 0 Å². The lowest BCUT2D eigenvalue weighted by Crippen LogP contribution is -2.36. The molecule has 0 aliphatic rings. The van der Waals surface area contributed by atoms with Gasteiger partial charge in [-0.05, 0) is 25.8 Å². The van der Waals surface area contributed by atoms with Crippen LogP contribution in [0.3, 0.4) is 0 Å². The summed E-state index contributed by atoms with van der Waals surface area (Å²) in [7, 11) is 1.77. The van der Waals surface area contributed by atoms with Gasteiger partial charge in [-0.25, -0.2) is 0 Å². The van der Waals surface area contributed by atoms with E-state index in [2.05, 4.69) is 33.0 Å². The maximum absolute atomic E-state index is 5.24. The maximum atomic E-state index is 5.24. The third kappa shape index (κ3) is 4.73. The average molecular weight is 173 g/mol. The molecular formula is C10H23NO. The molecule has 0 aromatic rings. The normalized spacial score (nSPS) is 16.5. The van der Waals surface area contributed by atoms with Crippen LogP contribution < -0.4 is 5.32 Å². The van der Waals surface area contributed by atoms with Crippen LogP contribution in [0.1, 0.15) is 34.1 Å². The van der Waals surface area contributed by atoms with Gasteiger partial charge in [-0.3, -0.25) is 0 Å². The topological polar surface area (TPSA) is 21.3 Å². The van der Waals surface area contributed by atoms with Crippen LogP contribution in [0.4, 0.5) is 0 Å². The van der Waals surface area contributed by atoms with E-state index >= 15 is 0 Å². The van der Waals surface area contributed by atoms with Gasteiger partial charge in [0.15, 0.2) is 0 Å². The summed E-state index contributed by atoms with van der Waals surface area (Å²) in [5.41, 5.74) is 0. The van der Waals surface area contributed by atoms with Crippen LogP contribution in [0.25, 0.3) is 0 Å². The Morgan fingerprint density at radius 2 is 1.83 bits per heavy atom. The lowest BCUT2D eigenvalue weighted by Gasteiger charge is -2.24. The molecule has 0 fully saturated rings. The molecule has 2 heteroatoms. The molecule has 1 N–H and O–H groups in total. The van der Waals surface area contributed by atoms with Crippen LogP contribution in [0, 0.1) is 5.92 Å². The van der Waals surface area contributed by atoms with E-state index in [0.717, 1.165) is 13.0 Å². The van der Waals surface area contributed by atoms with Crippen LogP contribution in [-0.4, -0.2) is 25.8 Å². The molecule has 2 unspecified atom stereocenters. The van der Waals surface area contributed by atoms with Gasteiger partial charge in [0.05, 0.1) is 6.10 Å². The number of hydrogen-bond donors (Lipinski definition) is 1. The second-order valence-corrected chi connectivity index (χ2v) is 3.69. The summed E-state index contributed by atoms with van der Waals surface area (Å²) in [6.45, 7) is 9.80. The van der Waals surface area contributed by atoms with Gasteiger partial charge in [0.1, 0.15) is 0 Å². The Bertz CT molecular complexity index is 104. The Morgan fingerprint density at radius 1 is 1.25 bits per heavy atom. The van der Waals surface area contributed by atoms with Crippen molar-refractivity contribution in [3.63, 3.8) is 0 Å². The predicted molar refractivity (Wildman–Crippen MR) is 53.4 cm³/mol. The Morgan fingerprint density at radius 3 is 2.17 bits per heavy atom. The third-order valence-electron chi connectivity index (χ3n) is 2.26. The molecular weight excluding hydrogens is 150 g/mol. The molecule has 2 atom stereocenters. The van der Waals surface area contributed by atoms with E-state index in [-0.39, 0.29) is 0 Å². The zero-order chi connectivity index (χ0) is 9.56. The molecule has 0 saturated carbocycles. The van der Waals surface area contributed by atoms with Crippen molar-refractivity contribution in [1.29, 1.82) is 0 Å². The van der Waals surface area contributed by atoms with Crippen molar-refractivity contribution in [2.24, 2.45) is 5.92 Å². The lowest BCUT2D eigenvalue weighted by atomic mass is 9.98. The Labute approximate surface area is 76.7 Å². The number of nitrogens with one attached hydrogen (secondary N) is 1. The number of ether oxygens (including phenoxy) is 1. The highest BCUT2D eigenvalue weighted by Crippen LogP contribution is 2.09. The predicted octanol–water partition coefficient (Wildman–Crippen LogP) is 2.05. The van der Waals surface area contributed by atoms with Gasteiger partial charge in [-0.1, -0.05) is 20.8 Å². The van der Waals surface area contributed by atoms with Crippen molar-refractivity contribution in [1.82, 2.24) is 5.32 Å². The molecule has 0 saturated heterocycles. The molecule has 0 aliphatic carbocycles. The fourth-order valence-corrected chi connectivity index (χ4v) is 1.31. The van der Waals surface area contributed by atoms with Crippen LogP contribution in [-0.2, 0) is 4.74 Å². The summed E-state index contributed by atoms with van der Waals surface area (Å²) in [6.07, 6.45) is 1.46. The zero-order valence-electron chi connectivity index (χ0n) is 9.05. The second-order valence-electron chi connectivity index (χ2n) is 3.69. The summed E-state index contributed by atoms with van der Waals surface area (Å²) < 4.78 is 5.24. The van der Waals surface area contributed by atoms with Gasteiger partial charge < -0.3 is 10.1 Å². The average Bonchev–Trinajstić information content (AvgIpc) is 2.03. The fourth-order valence-electron chi connectivity index (χ4n) is 1.31. The minimum atomic E-state index is 0.358. The van der Waals surface area contributed by atoms with E-state index in [9.17, 15) is 0 Å². The van der Waals surface area contributed by atoms with Crippen LogP contribution >= 0.6 is 0 Å². The van der Waals surface area contributed by atoms with E-state index in [1.54, 1.807) is 7.11 Å². The molecule has 2 nitrogen and oxygen atoms in total. The maximum Gasteiger partial charge on any atom is 0.0558 e. The molecule has 0 aromatic heterocycles. The molecule has 0 heterocycles. The quantitative estimate of drug-likeness (QED) is 0.663. The van der Waals surface area contributed by atoms with E-state index in [1.807, 2.05) is 0 Å². The first kappa shape index (κ1) is 11.9. The third-order valence-corrected chi connectivity index (χ3v) is 2.26. The highest BCUT2D eigenvalue weighted by atomic mass is 16.5. The minimum absolute atomic E-state index is 0.358. The Kier molecular flexibility index (Phi) is 6.39. The standard InChI is InChI=1S/C10H23NO/c1-6-11-10(8(2)3)7-9(4)12-5/h8-11H,6-7H2,1-5H3. The second kappa shape index (κ2) is 6.44. The SMILES string of the molecule is CCNC(CC(C)OC)C(C)C. The van der Waals surface area contributed by atoms with Gasteiger partial charge in [0, 0.05) is 13.2 Å². The van der Waals surface area contributed by atoms with E-state index in [0.29, 0.717) is 18.1 Å². The van der Waals surface area contributed by atoms with Crippen molar-refractivity contribution in [2.75, 3.05) is 13.7 Å². The van der Waals surface area contributed by atoms with E-state index in [4.69, 9.17) is 4.74 Å². The number of rotatable bonds is 6. The smallest absolute Gasteiger partial charge is 0.0558 e. The number of hydrogen-bond acceptors (Lipinski definition) is 2. The highest BCUT2D eigenvalue weighted by molar-refractivity contribution is 4.72. The van der Waals surface area contributed by atoms with Crippen LogP contribution in [0.15, 0.2) is 0 Å².